The van der Waals surface area contributed by atoms with Crippen molar-refractivity contribution in [2.24, 2.45) is 5.14 Å². The van der Waals surface area contributed by atoms with Crippen molar-refractivity contribution in [3.8, 4) is 0 Å². The zero-order valence-electron chi connectivity index (χ0n) is 12.6. The van der Waals surface area contributed by atoms with E-state index in [1.54, 1.807) is 18.2 Å². The number of rotatable bonds is 6. The highest BCUT2D eigenvalue weighted by molar-refractivity contribution is 9.10. The standard InChI is InChI=1S/C16H16BrClN2O3S/c17-14(9-12-3-1-2-4-15(12)18)16(21)20-10-11-5-7-13(8-6-11)24(19,22)23/h1-8,14H,9-10H2,(H,20,21)(H2,19,22,23). The summed E-state index contributed by atoms with van der Waals surface area (Å²) >= 11 is 9.44. The zero-order valence-corrected chi connectivity index (χ0v) is 15.7. The van der Waals surface area contributed by atoms with E-state index in [0.29, 0.717) is 11.4 Å². The number of benzene rings is 2. The van der Waals surface area contributed by atoms with E-state index in [1.165, 1.54) is 12.1 Å². The molecule has 128 valence electrons. The number of alkyl halides is 1. The lowest BCUT2D eigenvalue weighted by Gasteiger charge is -2.12. The molecular formula is C16H16BrClN2O3S. The lowest BCUT2D eigenvalue weighted by Crippen LogP contribution is -2.31. The van der Waals surface area contributed by atoms with Crippen molar-refractivity contribution in [3.05, 3.63) is 64.7 Å². The Balaban J connectivity index is 1.92. The Kier molecular flexibility index (Phi) is 6.40. The lowest BCUT2D eigenvalue weighted by atomic mass is 10.1. The van der Waals surface area contributed by atoms with Crippen molar-refractivity contribution in [1.82, 2.24) is 5.32 Å². The van der Waals surface area contributed by atoms with Gasteiger partial charge in [0.2, 0.25) is 15.9 Å². The van der Waals surface area contributed by atoms with Crippen molar-refractivity contribution in [2.75, 3.05) is 0 Å². The highest BCUT2D eigenvalue weighted by Crippen LogP contribution is 2.19. The van der Waals surface area contributed by atoms with Crippen molar-refractivity contribution in [1.29, 1.82) is 0 Å². The van der Waals surface area contributed by atoms with Gasteiger partial charge >= 0.3 is 0 Å². The maximum absolute atomic E-state index is 12.1. The molecule has 0 aliphatic rings. The number of carbonyl (C=O) groups is 1. The minimum absolute atomic E-state index is 0.0367. The quantitative estimate of drug-likeness (QED) is 0.689. The summed E-state index contributed by atoms with van der Waals surface area (Å²) in [6.45, 7) is 0.286. The molecule has 1 amide bonds. The average Bonchev–Trinajstić information content (AvgIpc) is 2.54. The van der Waals surface area contributed by atoms with Crippen molar-refractivity contribution >= 4 is 43.5 Å². The Bertz CT molecular complexity index is 825. The van der Waals surface area contributed by atoms with Crippen molar-refractivity contribution < 1.29 is 13.2 Å². The third kappa shape index (κ3) is 5.31. The van der Waals surface area contributed by atoms with Crippen LogP contribution in [-0.2, 0) is 27.8 Å². The van der Waals surface area contributed by atoms with Crippen LogP contribution < -0.4 is 10.5 Å². The third-order valence-corrected chi connectivity index (χ3v) is 5.40. The van der Waals surface area contributed by atoms with Gasteiger partial charge in [-0.25, -0.2) is 13.6 Å². The first-order valence-corrected chi connectivity index (χ1v) is 9.88. The van der Waals surface area contributed by atoms with Gasteiger partial charge in [-0.2, -0.15) is 0 Å². The van der Waals surface area contributed by atoms with E-state index in [0.717, 1.165) is 11.1 Å². The van der Waals surface area contributed by atoms with Gasteiger partial charge in [0.1, 0.15) is 0 Å². The van der Waals surface area contributed by atoms with Gasteiger partial charge in [0.15, 0.2) is 0 Å². The number of hydrogen-bond donors (Lipinski definition) is 2. The minimum atomic E-state index is -3.71. The molecule has 3 N–H and O–H groups in total. The van der Waals surface area contributed by atoms with E-state index >= 15 is 0 Å². The van der Waals surface area contributed by atoms with Crippen LogP contribution in [0.3, 0.4) is 0 Å². The second kappa shape index (κ2) is 8.11. The number of halogens is 2. The zero-order chi connectivity index (χ0) is 17.7. The Labute approximate surface area is 154 Å². The molecule has 0 heterocycles. The minimum Gasteiger partial charge on any atom is -0.351 e. The van der Waals surface area contributed by atoms with Gasteiger partial charge in [-0.15, -0.1) is 0 Å². The van der Waals surface area contributed by atoms with E-state index in [1.807, 2.05) is 18.2 Å². The molecule has 0 aliphatic heterocycles. The van der Waals surface area contributed by atoms with Crippen LogP contribution in [0, 0.1) is 0 Å². The smallest absolute Gasteiger partial charge is 0.238 e. The molecule has 5 nitrogen and oxygen atoms in total. The maximum atomic E-state index is 12.1. The van der Waals surface area contributed by atoms with Crippen LogP contribution in [0.25, 0.3) is 0 Å². The van der Waals surface area contributed by atoms with Crippen LogP contribution in [-0.4, -0.2) is 19.2 Å². The molecular weight excluding hydrogens is 416 g/mol. The van der Waals surface area contributed by atoms with Crippen LogP contribution in [0.5, 0.6) is 0 Å². The van der Waals surface area contributed by atoms with E-state index in [4.69, 9.17) is 16.7 Å². The van der Waals surface area contributed by atoms with E-state index in [-0.39, 0.29) is 17.3 Å². The van der Waals surface area contributed by atoms with Gasteiger partial charge in [0.25, 0.3) is 0 Å². The predicted octanol–water partition coefficient (Wildman–Crippen LogP) is 2.61. The van der Waals surface area contributed by atoms with Crippen molar-refractivity contribution in [3.63, 3.8) is 0 Å². The van der Waals surface area contributed by atoms with Crippen LogP contribution >= 0.6 is 27.5 Å². The molecule has 1 atom stereocenters. The lowest BCUT2D eigenvalue weighted by molar-refractivity contribution is -0.120. The van der Waals surface area contributed by atoms with Crippen LogP contribution in [0.2, 0.25) is 5.02 Å². The topological polar surface area (TPSA) is 89.3 Å². The first kappa shape index (κ1) is 18.9. The predicted molar refractivity (Wildman–Crippen MR) is 97.5 cm³/mol. The number of primary sulfonamides is 1. The first-order valence-electron chi connectivity index (χ1n) is 7.04. The molecule has 0 fully saturated rings. The Morgan fingerprint density at radius 2 is 1.79 bits per heavy atom. The molecule has 24 heavy (non-hydrogen) atoms. The molecule has 1 unspecified atom stereocenters. The van der Waals surface area contributed by atoms with Gasteiger partial charge < -0.3 is 5.32 Å². The van der Waals surface area contributed by atoms with E-state index in [2.05, 4.69) is 21.2 Å². The normalized spacial score (nSPS) is 12.6. The molecule has 0 radical (unpaired) electrons. The number of hydrogen-bond acceptors (Lipinski definition) is 3. The summed E-state index contributed by atoms with van der Waals surface area (Å²) in [5.74, 6) is -0.176. The molecule has 0 spiro atoms. The second-order valence-electron chi connectivity index (χ2n) is 5.17. The summed E-state index contributed by atoms with van der Waals surface area (Å²) in [6, 6.07) is 13.4. The van der Waals surface area contributed by atoms with Gasteiger partial charge in [-0.05, 0) is 35.7 Å². The van der Waals surface area contributed by atoms with Crippen LogP contribution in [0.15, 0.2) is 53.4 Å². The molecule has 8 heteroatoms. The number of nitrogens with two attached hydrogens (primary N) is 1. The van der Waals surface area contributed by atoms with Crippen LogP contribution in [0.1, 0.15) is 11.1 Å². The SMILES string of the molecule is NS(=O)(=O)c1ccc(CNC(=O)C(Br)Cc2ccccc2Cl)cc1. The summed E-state index contributed by atoms with van der Waals surface area (Å²) in [5.41, 5.74) is 1.65. The van der Waals surface area contributed by atoms with E-state index < -0.39 is 14.9 Å². The fourth-order valence-electron chi connectivity index (χ4n) is 2.05. The van der Waals surface area contributed by atoms with Crippen LogP contribution in [0.4, 0.5) is 0 Å². The van der Waals surface area contributed by atoms with Gasteiger partial charge in [-0.1, -0.05) is 57.9 Å². The molecule has 0 saturated heterocycles. The third-order valence-electron chi connectivity index (χ3n) is 3.36. The highest BCUT2D eigenvalue weighted by atomic mass is 79.9. The summed E-state index contributed by atoms with van der Waals surface area (Å²) in [7, 11) is -3.71. The molecule has 0 aromatic heterocycles. The molecule has 0 aliphatic carbocycles. The van der Waals surface area contributed by atoms with Crippen molar-refractivity contribution in [2.45, 2.75) is 22.7 Å². The van der Waals surface area contributed by atoms with E-state index in [9.17, 15) is 13.2 Å². The Morgan fingerprint density at radius 1 is 1.17 bits per heavy atom. The summed E-state index contributed by atoms with van der Waals surface area (Å²) in [4.78, 5) is 11.8. The fourth-order valence-corrected chi connectivity index (χ4v) is 3.29. The maximum Gasteiger partial charge on any atom is 0.238 e. The Morgan fingerprint density at radius 3 is 2.38 bits per heavy atom. The molecule has 2 rings (SSSR count). The molecule has 0 bridgehead atoms. The fraction of sp³-hybridized carbons (Fsp3) is 0.188. The first-order chi connectivity index (χ1) is 11.3. The van der Waals surface area contributed by atoms with Gasteiger partial charge in [0.05, 0.1) is 9.72 Å². The molecule has 2 aromatic rings. The Hall–Kier alpha value is -1.41. The second-order valence-corrected chi connectivity index (χ2v) is 8.24. The monoisotopic (exact) mass is 430 g/mol. The summed E-state index contributed by atoms with van der Waals surface area (Å²) in [5, 5.41) is 8.45. The number of nitrogens with one attached hydrogen (secondary N) is 1. The number of sulfonamides is 1. The number of carbonyl (C=O) groups excluding carboxylic acids is 1. The molecule has 0 saturated carbocycles. The highest BCUT2D eigenvalue weighted by Gasteiger charge is 2.16. The largest absolute Gasteiger partial charge is 0.351 e. The average molecular weight is 432 g/mol. The summed E-state index contributed by atoms with van der Waals surface area (Å²) in [6.07, 6.45) is 0.468. The molecule has 2 aromatic carbocycles. The van der Waals surface area contributed by atoms with Gasteiger partial charge in [0, 0.05) is 11.6 Å². The van der Waals surface area contributed by atoms with Gasteiger partial charge in [-0.3, -0.25) is 4.79 Å². The number of amides is 1. The summed E-state index contributed by atoms with van der Waals surface area (Å²) < 4.78 is 22.4.